The average Bonchev–Trinajstić information content (AvgIpc) is 2.65. The molecule has 0 radical (unpaired) electrons. The summed E-state index contributed by atoms with van der Waals surface area (Å²) >= 11 is 3.89. The monoisotopic (exact) mass is 419 g/mol. The highest BCUT2D eigenvalue weighted by atomic mass is 32.1. The molecule has 8 N–H and O–H groups in total. The molecule has 0 fully saturated rings. The van der Waals surface area contributed by atoms with Crippen LogP contribution in [0.15, 0.2) is 0 Å². The van der Waals surface area contributed by atoms with Crippen LogP contribution < -0.4 is 27.4 Å². The summed E-state index contributed by atoms with van der Waals surface area (Å²) < 4.78 is 0. The van der Waals surface area contributed by atoms with E-state index < -0.39 is 54.3 Å². The number of rotatable bonds is 13. The average molecular weight is 420 g/mol. The fraction of sp³-hybridized carbons (Fsp3) is 0.688. The lowest BCUT2D eigenvalue weighted by Gasteiger charge is -2.22. The summed E-state index contributed by atoms with van der Waals surface area (Å²) in [6.07, 6.45) is 0.282. The number of hydrogen-bond donors (Lipinski definition) is 7. The smallest absolute Gasteiger partial charge is 0.326 e. The standard InChI is InChI=1S/C16H29N5O6S/c1-3-8(2)13(16(26)27)21-12(23)6-19-15(25)10(4-5-11(18)22)20-14(24)9(17)7-28/h8-10,13,28H,3-7,17H2,1-2H3,(H2,18,22)(H,19,25)(H,20,24)(H,21,23)(H,26,27). The zero-order valence-corrected chi connectivity index (χ0v) is 16.8. The molecule has 11 nitrogen and oxygen atoms in total. The number of hydrogen-bond acceptors (Lipinski definition) is 7. The SMILES string of the molecule is CCC(C)C(NC(=O)CNC(=O)C(CCC(N)=O)NC(=O)C(N)CS)C(=O)O. The van der Waals surface area contributed by atoms with E-state index in [0.29, 0.717) is 6.42 Å². The molecule has 0 aromatic heterocycles. The second-order valence-electron chi connectivity index (χ2n) is 6.34. The predicted octanol–water partition coefficient (Wildman–Crippen LogP) is -2.27. The van der Waals surface area contributed by atoms with Crippen molar-refractivity contribution in [2.75, 3.05) is 12.3 Å². The van der Waals surface area contributed by atoms with E-state index in [1.54, 1.807) is 13.8 Å². The van der Waals surface area contributed by atoms with Crippen LogP contribution in [0.4, 0.5) is 0 Å². The van der Waals surface area contributed by atoms with Crippen molar-refractivity contribution in [3.05, 3.63) is 0 Å². The lowest BCUT2D eigenvalue weighted by atomic mass is 9.99. The number of carboxylic acids is 1. The molecule has 0 aliphatic carbocycles. The van der Waals surface area contributed by atoms with Crippen molar-refractivity contribution in [2.24, 2.45) is 17.4 Å². The molecule has 0 heterocycles. The number of thiol groups is 1. The molecule has 160 valence electrons. The normalized spacial score (nSPS) is 14.9. The predicted molar refractivity (Wildman–Crippen MR) is 104 cm³/mol. The highest BCUT2D eigenvalue weighted by molar-refractivity contribution is 7.80. The van der Waals surface area contributed by atoms with Crippen LogP contribution in [0.1, 0.15) is 33.1 Å². The molecule has 0 saturated heterocycles. The molecule has 0 aromatic rings. The van der Waals surface area contributed by atoms with Gasteiger partial charge in [0.15, 0.2) is 0 Å². The molecule has 4 unspecified atom stereocenters. The summed E-state index contributed by atoms with van der Waals surface area (Å²) in [5.74, 6) is -4.18. The number of aliphatic carboxylic acids is 1. The quantitative estimate of drug-likeness (QED) is 0.163. The van der Waals surface area contributed by atoms with Gasteiger partial charge in [0, 0.05) is 12.2 Å². The van der Waals surface area contributed by atoms with E-state index in [-0.39, 0.29) is 24.5 Å². The zero-order valence-electron chi connectivity index (χ0n) is 15.9. The minimum Gasteiger partial charge on any atom is -0.480 e. The fourth-order valence-electron chi connectivity index (χ4n) is 2.12. The minimum absolute atomic E-state index is 0.0462. The third-order valence-corrected chi connectivity index (χ3v) is 4.46. The first kappa shape index (κ1) is 25.7. The van der Waals surface area contributed by atoms with Crippen molar-refractivity contribution < 1.29 is 29.1 Å². The molecule has 0 rings (SSSR count). The Morgan fingerprint density at radius 2 is 1.71 bits per heavy atom. The lowest BCUT2D eigenvalue weighted by molar-refractivity contribution is -0.143. The largest absolute Gasteiger partial charge is 0.480 e. The maximum atomic E-state index is 12.3. The van der Waals surface area contributed by atoms with Crippen LogP contribution in [0.25, 0.3) is 0 Å². The van der Waals surface area contributed by atoms with Crippen molar-refractivity contribution in [1.82, 2.24) is 16.0 Å². The highest BCUT2D eigenvalue weighted by Crippen LogP contribution is 2.07. The van der Waals surface area contributed by atoms with Crippen molar-refractivity contribution in [1.29, 1.82) is 0 Å². The van der Waals surface area contributed by atoms with E-state index >= 15 is 0 Å². The van der Waals surface area contributed by atoms with Gasteiger partial charge in [-0.1, -0.05) is 20.3 Å². The van der Waals surface area contributed by atoms with Crippen LogP contribution in [0.2, 0.25) is 0 Å². The number of carbonyl (C=O) groups is 5. The van der Waals surface area contributed by atoms with Crippen LogP contribution in [0.3, 0.4) is 0 Å². The van der Waals surface area contributed by atoms with Crippen LogP contribution in [0, 0.1) is 5.92 Å². The van der Waals surface area contributed by atoms with Crippen LogP contribution >= 0.6 is 12.6 Å². The fourth-order valence-corrected chi connectivity index (χ4v) is 2.28. The number of carboxylic acid groups (broad SMARTS) is 1. The Bertz CT molecular complexity index is 588. The second-order valence-corrected chi connectivity index (χ2v) is 6.71. The topological polar surface area (TPSA) is 194 Å². The van der Waals surface area contributed by atoms with Gasteiger partial charge >= 0.3 is 5.97 Å². The lowest BCUT2D eigenvalue weighted by Crippen LogP contribution is -2.54. The summed E-state index contributed by atoms with van der Waals surface area (Å²) in [7, 11) is 0. The first-order valence-corrected chi connectivity index (χ1v) is 9.41. The zero-order chi connectivity index (χ0) is 21.9. The molecule has 0 bridgehead atoms. The van der Waals surface area contributed by atoms with Gasteiger partial charge < -0.3 is 32.5 Å². The van der Waals surface area contributed by atoms with Crippen LogP contribution in [-0.4, -0.2) is 65.1 Å². The Morgan fingerprint density at radius 3 is 2.18 bits per heavy atom. The minimum atomic E-state index is -1.18. The van der Waals surface area contributed by atoms with Crippen LogP contribution in [0.5, 0.6) is 0 Å². The maximum Gasteiger partial charge on any atom is 0.326 e. The van der Waals surface area contributed by atoms with E-state index in [1.807, 2.05) is 0 Å². The molecule has 4 amide bonds. The van der Waals surface area contributed by atoms with Gasteiger partial charge in [-0.3, -0.25) is 19.2 Å². The summed E-state index contributed by atoms with van der Waals surface area (Å²) in [4.78, 5) is 58.3. The third-order valence-electron chi connectivity index (χ3n) is 4.06. The molecule has 0 spiro atoms. The van der Waals surface area contributed by atoms with E-state index in [2.05, 4.69) is 28.6 Å². The third kappa shape index (κ3) is 9.55. The molecule has 4 atom stereocenters. The Labute approximate surface area is 168 Å². The molecular weight excluding hydrogens is 390 g/mol. The summed E-state index contributed by atoms with van der Waals surface area (Å²) in [6, 6.07) is -3.18. The van der Waals surface area contributed by atoms with Gasteiger partial charge in [0.2, 0.25) is 23.6 Å². The van der Waals surface area contributed by atoms with Gasteiger partial charge in [-0.2, -0.15) is 12.6 Å². The summed E-state index contributed by atoms with van der Waals surface area (Å²) in [5, 5.41) is 16.2. The van der Waals surface area contributed by atoms with Crippen LogP contribution in [-0.2, 0) is 24.0 Å². The maximum absolute atomic E-state index is 12.3. The van der Waals surface area contributed by atoms with E-state index in [0.717, 1.165) is 0 Å². The molecule has 0 aromatic carbocycles. The van der Waals surface area contributed by atoms with Gasteiger partial charge in [-0.25, -0.2) is 4.79 Å². The first-order chi connectivity index (χ1) is 13.0. The van der Waals surface area contributed by atoms with Crippen molar-refractivity contribution in [3.8, 4) is 0 Å². The van der Waals surface area contributed by atoms with Crippen molar-refractivity contribution in [3.63, 3.8) is 0 Å². The Hall–Kier alpha value is -2.34. The second kappa shape index (κ2) is 12.9. The Balaban J connectivity index is 4.86. The molecule has 12 heteroatoms. The molecule has 0 aliphatic heterocycles. The number of amides is 4. The molecule has 28 heavy (non-hydrogen) atoms. The van der Waals surface area contributed by atoms with Gasteiger partial charge in [0.25, 0.3) is 0 Å². The van der Waals surface area contributed by atoms with Gasteiger partial charge in [-0.15, -0.1) is 0 Å². The number of nitrogens with two attached hydrogens (primary N) is 2. The van der Waals surface area contributed by atoms with Gasteiger partial charge in [0.1, 0.15) is 12.1 Å². The molecule has 0 saturated carbocycles. The summed E-state index contributed by atoms with van der Waals surface area (Å²) in [6.45, 7) is 2.97. The van der Waals surface area contributed by atoms with Gasteiger partial charge in [0.05, 0.1) is 12.6 Å². The number of nitrogens with one attached hydrogen (secondary N) is 3. The van der Waals surface area contributed by atoms with E-state index in [4.69, 9.17) is 11.5 Å². The molecular formula is C16H29N5O6S. The Kier molecular flexibility index (Phi) is 11.9. The number of carbonyl (C=O) groups excluding carboxylic acids is 4. The Morgan fingerprint density at radius 1 is 1.11 bits per heavy atom. The highest BCUT2D eigenvalue weighted by Gasteiger charge is 2.27. The summed E-state index contributed by atoms with van der Waals surface area (Å²) in [5.41, 5.74) is 10.6. The van der Waals surface area contributed by atoms with E-state index in [1.165, 1.54) is 0 Å². The molecule has 0 aliphatic rings. The van der Waals surface area contributed by atoms with Crippen molar-refractivity contribution in [2.45, 2.75) is 51.2 Å². The first-order valence-electron chi connectivity index (χ1n) is 8.78. The van der Waals surface area contributed by atoms with Crippen molar-refractivity contribution >= 4 is 42.2 Å². The number of primary amides is 1. The van der Waals surface area contributed by atoms with Gasteiger partial charge in [-0.05, 0) is 12.3 Å². The van der Waals surface area contributed by atoms with E-state index in [9.17, 15) is 29.1 Å².